The molecule has 0 saturated heterocycles. The second kappa shape index (κ2) is 5.76. The second-order valence-electron chi connectivity index (χ2n) is 5.09. The standard InChI is InChI=1S/C12H16FNO6S/c1-12(2,3)20-11(16)14-8-5-7(21(13,17)18)6-9(19-4)10(8)15/h5-6,15H,1-4H3,(H,14,16). The van der Waals surface area contributed by atoms with Crippen molar-refractivity contribution in [2.24, 2.45) is 0 Å². The fraction of sp³-hybridized carbons (Fsp3) is 0.417. The molecule has 0 unspecified atom stereocenters. The van der Waals surface area contributed by atoms with Gasteiger partial charge < -0.3 is 14.6 Å². The summed E-state index contributed by atoms with van der Waals surface area (Å²) in [7, 11) is -3.88. The molecule has 0 heterocycles. The number of anilines is 1. The van der Waals surface area contributed by atoms with Crippen molar-refractivity contribution in [3.05, 3.63) is 12.1 Å². The van der Waals surface area contributed by atoms with Crippen LogP contribution in [-0.2, 0) is 15.0 Å². The molecule has 0 atom stereocenters. The highest BCUT2D eigenvalue weighted by Crippen LogP contribution is 2.37. The van der Waals surface area contributed by atoms with Crippen molar-refractivity contribution in [3.63, 3.8) is 0 Å². The molecule has 0 aliphatic rings. The van der Waals surface area contributed by atoms with Crippen LogP contribution in [0.1, 0.15) is 20.8 Å². The highest BCUT2D eigenvalue weighted by molar-refractivity contribution is 7.86. The third-order valence-corrected chi connectivity index (χ3v) is 2.98. The van der Waals surface area contributed by atoms with Crippen LogP contribution in [0.5, 0.6) is 11.5 Å². The lowest BCUT2D eigenvalue weighted by molar-refractivity contribution is 0.0635. The van der Waals surface area contributed by atoms with Gasteiger partial charge in [0.15, 0.2) is 11.5 Å². The minimum atomic E-state index is -5.03. The zero-order valence-corrected chi connectivity index (χ0v) is 12.7. The number of carbonyl (C=O) groups excluding carboxylic acids is 1. The van der Waals surface area contributed by atoms with Gasteiger partial charge in [0.1, 0.15) is 10.5 Å². The van der Waals surface area contributed by atoms with E-state index in [0.29, 0.717) is 0 Å². The first-order chi connectivity index (χ1) is 9.44. The Hall–Kier alpha value is -2.03. The maximum absolute atomic E-state index is 13.0. The summed E-state index contributed by atoms with van der Waals surface area (Å²) in [6, 6.07) is 1.56. The molecule has 1 aromatic rings. The number of rotatable bonds is 3. The molecule has 1 aromatic carbocycles. The Balaban J connectivity index is 3.20. The van der Waals surface area contributed by atoms with Gasteiger partial charge in [-0.15, -0.1) is 3.89 Å². The van der Waals surface area contributed by atoms with Crippen LogP contribution in [0.15, 0.2) is 17.0 Å². The van der Waals surface area contributed by atoms with Crippen LogP contribution in [-0.4, -0.2) is 32.3 Å². The molecular formula is C12H16FNO6S. The fourth-order valence-corrected chi connectivity index (χ4v) is 1.89. The molecule has 0 radical (unpaired) electrons. The quantitative estimate of drug-likeness (QED) is 0.655. The Bertz CT molecular complexity index is 650. The number of hydrogen-bond donors (Lipinski definition) is 2. The van der Waals surface area contributed by atoms with E-state index < -0.39 is 32.6 Å². The molecule has 0 fully saturated rings. The van der Waals surface area contributed by atoms with E-state index in [1.807, 2.05) is 0 Å². The number of phenols is 1. The van der Waals surface area contributed by atoms with Crippen molar-refractivity contribution < 1.29 is 31.7 Å². The number of nitrogens with one attached hydrogen (secondary N) is 1. The van der Waals surface area contributed by atoms with Crippen molar-refractivity contribution in [3.8, 4) is 11.5 Å². The van der Waals surface area contributed by atoms with Crippen molar-refractivity contribution in [1.29, 1.82) is 0 Å². The number of benzene rings is 1. The molecule has 118 valence electrons. The maximum atomic E-state index is 13.0. The molecule has 9 heteroatoms. The molecule has 0 spiro atoms. The van der Waals surface area contributed by atoms with E-state index in [0.717, 1.165) is 19.2 Å². The average Bonchev–Trinajstić information content (AvgIpc) is 2.27. The van der Waals surface area contributed by atoms with Crippen LogP contribution in [0.3, 0.4) is 0 Å². The van der Waals surface area contributed by atoms with Gasteiger partial charge in [-0.2, -0.15) is 8.42 Å². The molecule has 0 aliphatic carbocycles. The molecule has 0 saturated carbocycles. The summed E-state index contributed by atoms with van der Waals surface area (Å²) >= 11 is 0. The highest BCUT2D eigenvalue weighted by atomic mass is 32.3. The number of aromatic hydroxyl groups is 1. The summed E-state index contributed by atoms with van der Waals surface area (Å²) in [5.41, 5.74) is -1.15. The zero-order chi connectivity index (χ0) is 16.4. The summed E-state index contributed by atoms with van der Waals surface area (Å²) < 4.78 is 44.6. The van der Waals surface area contributed by atoms with Crippen LogP contribution in [0.2, 0.25) is 0 Å². The predicted octanol–water partition coefficient (Wildman–Crippen LogP) is 2.41. The van der Waals surface area contributed by atoms with Crippen molar-refractivity contribution in [2.75, 3.05) is 12.4 Å². The molecule has 0 aliphatic heterocycles. The van der Waals surface area contributed by atoms with E-state index >= 15 is 0 Å². The molecule has 2 N–H and O–H groups in total. The van der Waals surface area contributed by atoms with Crippen LogP contribution in [0.4, 0.5) is 14.4 Å². The molecule has 1 amide bonds. The Kier molecular flexibility index (Phi) is 4.67. The summed E-state index contributed by atoms with van der Waals surface area (Å²) in [6.07, 6.45) is -0.937. The minimum Gasteiger partial charge on any atom is -0.503 e. The first kappa shape index (κ1) is 17.0. The number of halogens is 1. The third-order valence-electron chi connectivity index (χ3n) is 2.19. The number of phenolic OH excluding ortho intramolecular Hbond substituents is 1. The third kappa shape index (κ3) is 4.78. The van der Waals surface area contributed by atoms with E-state index in [1.165, 1.54) is 0 Å². The first-order valence-electron chi connectivity index (χ1n) is 5.79. The fourth-order valence-electron chi connectivity index (χ4n) is 1.39. The maximum Gasteiger partial charge on any atom is 0.412 e. The lowest BCUT2D eigenvalue weighted by atomic mass is 10.2. The van der Waals surface area contributed by atoms with Gasteiger partial charge in [0, 0.05) is 6.07 Å². The van der Waals surface area contributed by atoms with Crippen LogP contribution < -0.4 is 10.1 Å². The SMILES string of the molecule is COc1cc(S(=O)(=O)F)cc(NC(=O)OC(C)(C)C)c1O. The Labute approximate surface area is 121 Å². The largest absolute Gasteiger partial charge is 0.503 e. The van der Waals surface area contributed by atoms with Crippen LogP contribution in [0.25, 0.3) is 0 Å². The normalized spacial score (nSPS) is 11.9. The Morgan fingerprint density at radius 1 is 1.33 bits per heavy atom. The number of carbonyl (C=O) groups is 1. The molecule has 1 rings (SSSR count). The summed E-state index contributed by atoms with van der Waals surface area (Å²) in [5.74, 6) is -0.851. The van der Waals surface area contributed by atoms with Gasteiger partial charge in [-0.25, -0.2) is 4.79 Å². The van der Waals surface area contributed by atoms with Gasteiger partial charge in [-0.3, -0.25) is 5.32 Å². The van der Waals surface area contributed by atoms with Gasteiger partial charge in [0.05, 0.1) is 12.8 Å². The van der Waals surface area contributed by atoms with Gasteiger partial charge in [0.2, 0.25) is 0 Å². The van der Waals surface area contributed by atoms with Crippen molar-refractivity contribution in [2.45, 2.75) is 31.3 Å². The molecular weight excluding hydrogens is 305 g/mol. The monoisotopic (exact) mass is 321 g/mol. The molecule has 0 aromatic heterocycles. The zero-order valence-electron chi connectivity index (χ0n) is 11.9. The van der Waals surface area contributed by atoms with E-state index in [9.17, 15) is 22.2 Å². The average molecular weight is 321 g/mol. The number of ether oxygens (including phenoxy) is 2. The Morgan fingerprint density at radius 3 is 2.33 bits per heavy atom. The minimum absolute atomic E-state index is 0.306. The van der Waals surface area contributed by atoms with Crippen molar-refractivity contribution in [1.82, 2.24) is 0 Å². The van der Waals surface area contributed by atoms with Crippen molar-refractivity contribution >= 4 is 22.0 Å². The number of amides is 1. The lowest BCUT2D eigenvalue weighted by Gasteiger charge is -2.20. The van der Waals surface area contributed by atoms with E-state index in [4.69, 9.17) is 9.47 Å². The van der Waals surface area contributed by atoms with Crippen LogP contribution in [0, 0.1) is 0 Å². The highest BCUT2D eigenvalue weighted by Gasteiger charge is 2.22. The topological polar surface area (TPSA) is 102 Å². The van der Waals surface area contributed by atoms with E-state index in [1.54, 1.807) is 20.8 Å². The smallest absolute Gasteiger partial charge is 0.412 e. The Morgan fingerprint density at radius 2 is 1.90 bits per heavy atom. The second-order valence-corrected chi connectivity index (χ2v) is 6.43. The summed E-state index contributed by atoms with van der Waals surface area (Å²) in [4.78, 5) is 10.9. The summed E-state index contributed by atoms with van der Waals surface area (Å²) in [6.45, 7) is 4.86. The van der Waals surface area contributed by atoms with Gasteiger partial charge in [-0.1, -0.05) is 0 Å². The first-order valence-corrected chi connectivity index (χ1v) is 7.18. The molecule has 0 bridgehead atoms. The van der Waals surface area contributed by atoms with Gasteiger partial charge in [-0.05, 0) is 26.8 Å². The molecule has 7 nitrogen and oxygen atoms in total. The van der Waals surface area contributed by atoms with E-state index in [2.05, 4.69) is 5.32 Å². The van der Waals surface area contributed by atoms with Gasteiger partial charge >= 0.3 is 16.3 Å². The predicted molar refractivity (Wildman–Crippen MR) is 72.8 cm³/mol. The number of hydrogen-bond acceptors (Lipinski definition) is 6. The van der Waals surface area contributed by atoms with Crippen LogP contribution >= 0.6 is 0 Å². The van der Waals surface area contributed by atoms with E-state index in [-0.39, 0.29) is 11.4 Å². The lowest BCUT2D eigenvalue weighted by Crippen LogP contribution is -2.27. The number of methoxy groups -OCH3 is 1. The molecule has 21 heavy (non-hydrogen) atoms. The summed E-state index contributed by atoms with van der Waals surface area (Å²) in [5, 5.41) is 11.9. The van der Waals surface area contributed by atoms with Gasteiger partial charge in [0.25, 0.3) is 0 Å².